The number of esters is 1. The second kappa shape index (κ2) is 10.9. The number of nitrogens with zero attached hydrogens (tertiary/aromatic N) is 1. The van der Waals surface area contributed by atoms with Crippen LogP contribution in [0.25, 0.3) is 0 Å². The summed E-state index contributed by atoms with van der Waals surface area (Å²) in [6.07, 6.45) is 5.67. The van der Waals surface area contributed by atoms with Crippen LogP contribution in [0.4, 0.5) is 0 Å². The third kappa shape index (κ3) is 5.92. The Kier molecular flexibility index (Phi) is 8.06. The van der Waals surface area contributed by atoms with Gasteiger partial charge in [0.25, 0.3) is 0 Å². The summed E-state index contributed by atoms with van der Waals surface area (Å²) in [5, 5.41) is 0. The summed E-state index contributed by atoms with van der Waals surface area (Å²) in [4.78, 5) is 12.4. The van der Waals surface area contributed by atoms with Gasteiger partial charge in [-0.15, -0.1) is 0 Å². The fourth-order valence-corrected chi connectivity index (χ4v) is 7.51. The largest absolute Gasteiger partial charge is 0.463 e. The number of hydrogen-bond donors (Lipinski definition) is 0. The van der Waals surface area contributed by atoms with Gasteiger partial charge in [0, 0.05) is 18.7 Å². The number of hydrogen-bond acceptors (Lipinski definition) is 4. The molecule has 0 aromatic heterocycles. The summed E-state index contributed by atoms with van der Waals surface area (Å²) < 4.78 is 34.8. The van der Waals surface area contributed by atoms with E-state index in [0.717, 1.165) is 42.4 Å². The Morgan fingerprint density at radius 3 is 2.39 bits per heavy atom. The highest BCUT2D eigenvalue weighted by atomic mass is 32.2. The lowest BCUT2D eigenvalue weighted by molar-refractivity contribution is -0.137. The first-order valence-corrected chi connectivity index (χ1v) is 14.6. The van der Waals surface area contributed by atoms with Crippen molar-refractivity contribution in [1.29, 1.82) is 0 Å². The fourth-order valence-electron chi connectivity index (χ4n) is 5.82. The van der Waals surface area contributed by atoms with Gasteiger partial charge in [-0.2, -0.15) is 4.31 Å². The quantitative estimate of drug-likeness (QED) is 0.359. The second-order valence-electron chi connectivity index (χ2n) is 11.2. The van der Waals surface area contributed by atoms with Crippen LogP contribution in [-0.2, 0) is 31.4 Å². The Morgan fingerprint density at radius 2 is 1.75 bits per heavy atom. The number of carbonyl (C=O) groups excluding carboxylic acids is 1. The van der Waals surface area contributed by atoms with E-state index in [0.29, 0.717) is 30.4 Å². The maximum absolute atomic E-state index is 14.0. The van der Waals surface area contributed by atoms with E-state index in [1.807, 2.05) is 37.3 Å². The highest BCUT2D eigenvalue weighted by molar-refractivity contribution is 7.89. The van der Waals surface area contributed by atoms with Crippen LogP contribution in [0.3, 0.4) is 0 Å². The topological polar surface area (TPSA) is 63.7 Å². The lowest BCUT2D eigenvalue weighted by Crippen LogP contribution is -2.53. The zero-order valence-electron chi connectivity index (χ0n) is 21.9. The molecule has 1 aliphatic heterocycles. The molecule has 6 heteroatoms. The first-order valence-electron chi connectivity index (χ1n) is 13.1. The lowest BCUT2D eigenvalue weighted by Gasteiger charge is -2.47. The van der Waals surface area contributed by atoms with E-state index in [-0.39, 0.29) is 23.3 Å². The summed E-state index contributed by atoms with van der Waals surface area (Å²) in [7, 11) is -3.64. The first-order chi connectivity index (χ1) is 17.1. The van der Waals surface area contributed by atoms with Crippen molar-refractivity contribution in [3.8, 4) is 0 Å². The highest BCUT2D eigenvalue weighted by Gasteiger charge is 2.44. The van der Waals surface area contributed by atoms with Crippen LogP contribution in [0.2, 0.25) is 0 Å². The molecule has 1 unspecified atom stereocenters. The summed E-state index contributed by atoms with van der Waals surface area (Å²) in [5.41, 5.74) is 3.36. The Balaban J connectivity index is 1.62. The van der Waals surface area contributed by atoms with Crippen molar-refractivity contribution in [2.24, 2.45) is 11.8 Å². The van der Waals surface area contributed by atoms with E-state index >= 15 is 0 Å². The molecule has 0 N–H and O–H groups in total. The summed E-state index contributed by atoms with van der Waals surface area (Å²) >= 11 is 0. The molecule has 0 radical (unpaired) electrons. The number of ether oxygens (including phenoxy) is 1. The number of rotatable bonds is 6. The Bertz CT molecular complexity index is 1180. The van der Waals surface area contributed by atoms with Gasteiger partial charge < -0.3 is 4.74 Å². The van der Waals surface area contributed by atoms with Gasteiger partial charge in [-0.25, -0.2) is 13.2 Å². The molecule has 3 atom stereocenters. The molecule has 1 saturated heterocycles. The van der Waals surface area contributed by atoms with Crippen LogP contribution in [0.5, 0.6) is 0 Å². The van der Waals surface area contributed by atoms with Gasteiger partial charge in [0.05, 0.1) is 11.5 Å². The van der Waals surface area contributed by atoms with Gasteiger partial charge in [0.1, 0.15) is 0 Å². The minimum absolute atomic E-state index is 0.0344. The van der Waals surface area contributed by atoms with Crippen molar-refractivity contribution < 1.29 is 17.9 Å². The molecular weight excluding hydrogens is 470 g/mol. The monoisotopic (exact) mass is 509 g/mol. The van der Waals surface area contributed by atoms with Crippen molar-refractivity contribution in [2.75, 3.05) is 13.2 Å². The molecule has 2 aromatic rings. The van der Waals surface area contributed by atoms with E-state index < -0.39 is 10.0 Å². The average molecular weight is 510 g/mol. The molecule has 2 fully saturated rings. The van der Waals surface area contributed by atoms with E-state index in [4.69, 9.17) is 4.74 Å². The van der Waals surface area contributed by atoms with Crippen LogP contribution in [0.15, 0.2) is 71.1 Å². The maximum Gasteiger partial charge on any atom is 0.330 e. The third-order valence-electron chi connectivity index (χ3n) is 7.74. The summed E-state index contributed by atoms with van der Waals surface area (Å²) in [5.74, 6) is 0.343. The smallest absolute Gasteiger partial charge is 0.330 e. The molecule has 1 heterocycles. The van der Waals surface area contributed by atoms with Crippen LogP contribution >= 0.6 is 0 Å². The number of benzene rings is 2. The Labute approximate surface area is 216 Å². The zero-order valence-corrected chi connectivity index (χ0v) is 22.8. The normalized spacial score (nSPS) is 24.3. The van der Waals surface area contributed by atoms with Crippen LogP contribution in [0, 0.1) is 11.8 Å². The SMILES string of the molecule is CCOC(=O)C=C1CC[C@@H]2C(Cc3ccccc3)N(S(=O)(=O)c3ccc(C(C)(C)C)cc3)CC[C@H]2C1. The summed E-state index contributed by atoms with van der Waals surface area (Å²) in [6.45, 7) is 9.07. The molecule has 0 bridgehead atoms. The molecule has 1 saturated carbocycles. The lowest BCUT2D eigenvalue weighted by atomic mass is 9.69. The van der Waals surface area contributed by atoms with Gasteiger partial charge in [-0.05, 0) is 79.5 Å². The van der Waals surface area contributed by atoms with Crippen molar-refractivity contribution in [3.05, 3.63) is 77.4 Å². The molecule has 5 nitrogen and oxygen atoms in total. The van der Waals surface area contributed by atoms with Crippen LogP contribution in [0.1, 0.15) is 64.5 Å². The van der Waals surface area contributed by atoms with Crippen LogP contribution in [-0.4, -0.2) is 37.9 Å². The number of fused-ring (bicyclic) bond motifs is 1. The fraction of sp³-hybridized carbons (Fsp3) is 0.500. The van der Waals surface area contributed by atoms with Crippen molar-refractivity contribution in [3.63, 3.8) is 0 Å². The van der Waals surface area contributed by atoms with Gasteiger partial charge in [0.15, 0.2) is 0 Å². The van der Waals surface area contributed by atoms with Gasteiger partial charge >= 0.3 is 5.97 Å². The number of sulfonamides is 1. The number of allylic oxidation sites excluding steroid dienone is 1. The van der Waals surface area contributed by atoms with Gasteiger partial charge in [0.2, 0.25) is 10.0 Å². The second-order valence-corrected chi connectivity index (χ2v) is 13.0. The Hall–Kier alpha value is -2.44. The molecule has 0 spiro atoms. The molecule has 2 aliphatic rings. The van der Waals surface area contributed by atoms with E-state index in [9.17, 15) is 13.2 Å². The average Bonchev–Trinajstić information content (AvgIpc) is 2.84. The molecule has 2 aromatic carbocycles. The van der Waals surface area contributed by atoms with E-state index in [1.54, 1.807) is 22.5 Å². The zero-order chi connectivity index (χ0) is 25.9. The standard InChI is InChI=1S/C30H39NO4S/c1-5-35-29(32)21-23-11-16-27-24(19-23)17-18-31(28(27)20-22-9-7-6-8-10-22)36(33,34)26-14-12-25(13-15-26)30(2,3)4/h6-10,12-15,21,24,27-28H,5,11,16-20H2,1-4H3/t24-,27-,28?/m0/s1. The third-order valence-corrected chi connectivity index (χ3v) is 9.67. The predicted molar refractivity (Wildman–Crippen MR) is 143 cm³/mol. The van der Waals surface area contributed by atoms with E-state index in [2.05, 4.69) is 32.9 Å². The highest BCUT2D eigenvalue weighted by Crippen LogP contribution is 2.44. The molecule has 0 amide bonds. The minimum atomic E-state index is -3.64. The van der Waals surface area contributed by atoms with Crippen molar-refractivity contribution >= 4 is 16.0 Å². The van der Waals surface area contributed by atoms with Crippen molar-refractivity contribution in [1.82, 2.24) is 4.31 Å². The van der Waals surface area contributed by atoms with Gasteiger partial charge in [-0.1, -0.05) is 68.8 Å². The molecular formula is C30H39NO4S. The van der Waals surface area contributed by atoms with Crippen LogP contribution < -0.4 is 0 Å². The van der Waals surface area contributed by atoms with Crippen molar-refractivity contribution in [2.45, 2.75) is 76.2 Å². The Morgan fingerprint density at radius 1 is 1.06 bits per heavy atom. The first kappa shape index (κ1) is 26.6. The maximum atomic E-state index is 14.0. The van der Waals surface area contributed by atoms with Gasteiger partial charge in [-0.3, -0.25) is 0 Å². The molecule has 194 valence electrons. The molecule has 4 rings (SSSR count). The molecule has 1 aliphatic carbocycles. The predicted octanol–water partition coefficient (Wildman–Crippen LogP) is 5.90. The van der Waals surface area contributed by atoms with E-state index in [1.165, 1.54) is 0 Å². The number of carbonyl (C=O) groups is 1. The minimum Gasteiger partial charge on any atom is -0.463 e. The summed E-state index contributed by atoms with van der Waals surface area (Å²) in [6, 6.07) is 17.5. The molecule has 36 heavy (non-hydrogen) atoms. The number of piperidine rings is 1.